The summed E-state index contributed by atoms with van der Waals surface area (Å²) in [5, 5.41) is 11.9. The minimum Gasteiger partial charge on any atom is -0.449 e. The summed E-state index contributed by atoms with van der Waals surface area (Å²) >= 11 is 0. The van der Waals surface area contributed by atoms with Gasteiger partial charge in [-0.3, -0.25) is 0 Å². The number of unbranched alkanes of at least 4 members (excludes halogenated alkanes) is 1. The third-order valence-corrected chi connectivity index (χ3v) is 2.59. The first-order chi connectivity index (χ1) is 7.58. The van der Waals surface area contributed by atoms with Gasteiger partial charge in [0.1, 0.15) is 6.61 Å². The Bertz CT molecular complexity index is 197. The van der Waals surface area contributed by atoms with Crippen LogP contribution in [0, 0.1) is 5.41 Å². The molecular formula is C12H25NO3. The Labute approximate surface area is 98.4 Å². The largest absolute Gasteiger partial charge is 0.449 e. The van der Waals surface area contributed by atoms with E-state index in [1.54, 1.807) is 0 Å². The Morgan fingerprint density at radius 2 is 2.06 bits per heavy atom. The summed E-state index contributed by atoms with van der Waals surface area (Å²) in [4.78, 5) is 11.3. The van der Waals surface area contributed by atoms with Crippen molar-refractivity contribution in [1.82, 2.24) is 5.32 Å². The van der Waals surface area contributed by atoms with Crippen LogP contribution in [0.4, 0.5) is 4.79 Å². The fourth-order valence-corrected chi connectivity index (χ4v) is 1.46. The van der Waals surface area contributed by atoms with Gasteiger partial charge >= 0.3 is 6.09 Å². The van der Waals surface area contributed by atoms with E-state index in [9.17, 15) is 9.90 Å². The summed E-state index contributed by atoms with van der Waals surface area (Å²) in [5.74, 6) is 0. The quantitative estimate of drug-likeness (QED) is 0.630. The van der Waals surface area contributed by atoms with Crippen LogP contribution in [0.3, 0.4) is 0 Å². The zero-order valence-electron chi connectivity index (χ0n) is 10.7. The van der Waals surface area contributed by atoms with Crippen molar-refractivity contribution >= 4 is 6.09 Å². The van der Waals surface area contributed by atoms with Gasteiger partial charge in [0.25, 0.3) is 0 Å². The molecule has 0 aliphatic rings. The summed E-state index contributed by atoms with van der Waals surface area (Å²) in [5.41, 5.74) is -0.309. The van der Waals surface area contributed by atoms with Crippen molar-refractivity contribution in [3.8, 4) is 0 Å². The summed E-state index contributed by atoms with van der Waals surface area (Å²) in [6.07, 6.45) is 3.44. The Kier molecular flexibility index (Phi) is 7.99. The second kappa shape index (κ2) is 8.39. The van der Waals surface area contributed by atoms with Crippen molar-refractivity contribution in [1.29, 1.82) is 0 Å². The van der Waals surface area contributed by atoms with Crippen LogP contribution in [0.1, 0.15) is 46.5 Å². The number of hydrogen-bond acceptors (Lipinski definition) is 3. The highest BCUT2D eigenvalue weighted by Gasteiger charge is 2.24. The lowest BCUT2D eigenvalue weighted by molar-refractivity contribution is 0.0434. The number of aliphatic hydroxyl groups is 1. The van der Waals surface area contributed by atoms with E-state index in [-0.39, 0.29) is 24.7 Å². The van der Waals surface area contributed by atoms with Gasteiger partial charge in [0.05, 0.1) is 6.61 Å². The SMILES string of the molecule is CCCCNC(=O)OCC(C)(CO)CCC. The van der Waals surface area contributed by atoms with E-state index in [2.05, 4.69) is 19.2 Å². The van der Waals surface area contributed by atoms with Gasteiger partial charge in [-0.05, 0) is 12.8 Å². The van der Waals surface area contributed by atoms with E-state index in [4.69, 9.17) is 4.74 Å². The fourth-order valence-electron chi connectivity index (χ4n) is 1.46. The first-order valence-electron chi connectivity index (χ1n) is 6.09. The number of nitrogens with one attached hydrogen (secondary N) is 1. The van der Waals surface area contributed by atoms with E-state index in [1.807, 2.05) is 6.92 Å². The van der Waals surface area contributed by atoms with E-state index in [0.717, 1.165) is 25.7 Å². The van der Waals surface area contributed by atoms with Gasteiger partial charge < -0.3 is 15.2 Å². The molecule has 0 heterocycles. The minimum absolute atomic E-state index is 0.0447. The molecule has 0 fully saturated rings. The van der Waals surface area contributed by atoms with Gasteiger partial charge in [-0.25, -0.2) is 4.79 Å². The van der Waals surface area contributed by atoms with Crippen LogP contribution in [0.2, 0.25) is 0 Å². The molecule has 0 saturated heterocycles. The molecule has 0 aromatic carbocycles. The normalized spacial score (nSPS) is 14.2. The molecule has 0 radical (unpaired) electrons. The van der Waals surface area contributed by atoms with Crippen LogP contribution in [0.5, 0.6) is 0 Å². The molecule has 4 nitrogen and oxygen atoms in total. The standard InChI is InChI=1S/C12H25NO3/c1-4-6-8-13-11(15)16-10-12(3,9-14)7-5-2/h14H,4-10H2,1-3H3,(H,13,15). The maximum absolute atomic E-state index is 11.3. The molecule has 1 atom stereocenters. The van der Waals surface area contributed by atoms with Crippen molar-refractivity contribution in [3.05, 3.63) is 0 Å². The van der Waals surface area contributed by atoms with Gasteiger partial charge in [-0.2, -0.15) is 0 Å². The van der Waals surface area contributed by atoms with Crippen LogP contribution < -0.4 is 5.32 Å². The second-order valence-corrected chi connectivity index (χ2v) is 4.58. The molecule has 96 valence electrons. The van der Waals surface area contributed by atoms with Crippen LogP contribution >= 0.6 is 0 Å². The molecule has 0 rings (SSSR count). The molecule has 16 heavy (non-hydrogen) atoms. The van der Waals surface area contributed by atoms with Crippen molar-refractivity contribution in [3.63, 3.8) is 0 Å². The summed E-state index contributed by atoms with van der Waals surface area (Å²) in [6.45, 7) is 7.01. The maximum atomic E-state index is 11.3. The smallest absolute Gasteiger partial charge is 0.407 e. The van der Waals surface area contributed by atoms with Crippen molar-refractivity contribution in [2.24, 2.45) is 5.41 Å². The lowest BCUT2D eigenvalue weighted by Crippen LogP contribution is -2.33. The molecule has 0 spiro atoms. The molecule has 0 aliphatic carbocycles. The molecular weight excluding hydrogens is 206 g/mol. The highest BCUT2D eigenvalue weighted by molar-refractivity contribution is 5.67. The van der Waals surface area contributed by atoms with Crippen LogP contribution in [-0.4, -0.2) is 31.0 Å². The number of alkyl carbamates (subject to hydrolysis) is 1. The summed E-state index contributed by atoms with van der Waals surface area (Å²) in [7, 11) is 0. The molecule has 0 aromatic heterocycles. The first-order valence-corrected chi connectivity index (χ1v) is 6.09. The third kappa shape index (κ3) is 6.67. The zero-order chi connectivity index (χ0) is 12.4. The number of aliphatic hydroxyl groups excluding tert-OH is 1. The Balaban J connectivity index is 3.79. The maximum Gasteiger partial charge on any atom is 0.407 e. The van der Waals surface area contributed by atoms with E-state index < -0.39 is 0 Å². The fraction of sp³-hybridized carbons (Fsp3) is 0.917. The van der Waals surface area contributed by atoms with E-state index in [1.165, 1.54) is 0 Å². The Morgan fingerprint density at radius 1 is 1.38 bits per heavy atom. The van der Waals surface area contributed by atoms with Gasteiger partial charge in [0.2, 0.25) is 0 Å². The number of carbonyl (C=O) groups excluding carboxylic acids is 1. The van der Waals surface area contributed by atoms with Gasteiger partial charge in [0, 0.05) is 12.0 Å². The van der Waals surface area contributed by atoms with Crippen molar-refractivity contribution in [2.75, 3.05) is 19.8 Å². The molecule has 2 N–H and O–H groups in total. The molecule has 0 aromatic rings. The van der Waals surface area contributed by atoms with Crippen molar-refractivity contribution in [2.45, 2.75) is 46.5 Å². The first kappa shape index (κ1) is 15.2. The van der Waals surface area contributed by atoms with E-state index in [0.29, 0.717) is 6.54 Å². The van der Waals surface area contributed by atoms with Crippen molar-refractivity contribution < 1.29 is 14.6 Å². The van der Waals surface area contributed by atoms with Gasteiger partial charge in [-0.15, -0.1) is 0 Å². The van der Waals surface area contributed by atoms with E-state index >= 15 is 0 Å². The number of hydrogen-bond donors (Lipinski definition) is 2. The molecule has 4 heteroatoms. The topological polar surface area (TPSA) is 58.6 Å². The summed E-state index contributed by atoms with van der Waals surface area (Å²) < 4.78 is 5.09. The van der Waals surface area contributed by atoms with Crippen LogP contribution in [0.25, 0.3) is 0 Å². The molecule has 0 aliphatic heterocycles. The Hall–Kier alpha value is -0.770. The molecule has 0 bridgehead atoms. The predicted octanol–water partition coefficient (Wildman–Crippen LogP) is 2.31. The summed E-state index contributed by atoms with van der Waals surface area (Å²) in [6, 6.07) is 0. The minimum atomic E-state index is -0.385. The molecule has 0 saturated carbocycles. The average Bonchev–Trinajstić information content (AvgIpc) is 2.27. The average molecular weight is 231 g/mol. The third-order valence-electron chi connectivity index (χ3n) is 2.59. The van der Waals surface area contributed by atoms with Gasteiger partial charge in [-0.1, -0.05) is 33.6 Å². The zero-order valence-corrected chi connectivity index (χ0v) is 10.7. The lowest BCUT2D eigenvalue weighted by Gasteiger charge is -2.26. The Morgan fingerprint density at radius 3 is 2.56 bits per heavy atom. The monoisotopic (exact) mass is 231 g/mol. The number of carbonyl (C=O) groups is 1. The highest BCUT2D eigenvalue weighted by Crippen LogP contribution is 2.22. The highest BCUT2D eigenvalue weighted by atomic mass is 16.5. The number of ether oxygens (including phenoxy) is 1. The lowest BCUT2D eigenvalue weighted by atomic mass is 9.88. The van der Waals surface area contributed by atoms with Gasteiger partial charge in [0.15, 0.2) is 0 Å². The molecule has 1 unspecified atom stereocenters. The second-order valence-electron chi connectivity index (χ2n) is 4.58. The van der Waals surface area contributed by atoms with Crippen LogP contribution in [0.15, 0.2) is 0 Å². The number of amides is 1. The molecule has 1 amide bonds. The predicted molar refractivity (Wildman–Crippen MR) is 64.4 cm³/mol. The number of rotatable bonds is 8. The van der Waals surface area contributed by atoms with Crippen LogP contribution in [-0.2, 0) is 4.74 Å².